The van der Waals surface area contributed by atoms with Gasteiger partial charge in [-0.05, 0) is 60.5 Å². The summed E-state index contributed by atoms with van der Waals surface area (Å²) in [6.07, 6.45) is 4.82. The Labute approximate surface area is 210 Å². The van der Waals surface area contributed by atoms with Crippen LogP contribution in [0.25, 0.3) is 16.9 Å². The summed E-state index contributed by atoms with van der Waals surface area (Å²) in [7, 11) is 1.68. The van der Waals surface area contributed by atoms with Crippen LogP contribution in [0.5, 0.6) is 0 Å². The number of aryl methyl sites for hydroxylation is 1. The lowest BCUT2D eigenvalue weighted by atomic mass is 10.0. The van der Waals surface area contributed by atoms with Crippen molar-refractivity contribution in [2.75, 3.05) is 16.8 Å². The van der Waals surface area contributed by atoms with Gasteiger partial charge in [-0.1, -0.05) is 12.1 Å². The van der Waals surface area contributed by atoms with Crippen LogP contribution in [0.2, 0.25) is 0 Å². The molecule has 1 aliphatic rings. The average Bonchev–Trinajstić information content (AvgIpc) is 3.64. The van der Waals surface area contributed by atoms with Gasteiger partial charge in [0.2, 0.25) is 5.82 Å². The van der Waals surface area contributed by atoms with Gasteiger partial charge < -0.3 is 10.2 Å². The summed E-state index contributed by atoms with van der Waals surface area (Å²) in [5.41, 5.74) is 3.43. The van der Waals surface area contributed by atoms with Crippen molar-refractivity contribution < 1.29 is 13.6 Å². The molecular formula is C26H22F2N8O. The minimum atomic E-state index is -0.465. The summed E-state index contributed by atoms with van der Waals surface area (Å²) < 4.78 is 30.1. The highest BCUT2D eigenvalue weighted by Gasteiger charge is 2.29. The van der Waals surface area contributed by atoms with E-state index in [-0.39, 0.29) is 11.9 Å². The smallest absolute Gasteiger partial charge is 0.259 e. The predicted octanol–water partition coefficient (Wildman–Crippen LogP) is 4.40. The third-order valence-corrected chi connectivity index (χ3v) is 6.54. The van der Waals surface area contributed by atoms with Gasteiger partial charge in [0.1, 0.15) is 11.6 Å². The highest BCUT2D eigenvalue weighted by atomic mass is 19.1. The fourth-order valence-corrected chi connectivity index (χ4v) is 4.83. The second kappa shape index (κ2) is 9.08. The zero-order valence-electron chi connectivity index (χ0n) is 19.8. The lowest BCUT2D eigenvalue weighted by molar-refractivity contribution is 0.102. The van der Waals surface area contributed by atoms with Crippen LogP contribution in [0.15, 0.2) is 67.0 Å². The van der Waals surface area contributed by atoms with E-state index >= 15 is 0 Å². The number of amides is 1. The molecule has 0 saturated carbocycles. The average molecular weight is 501 g/mol. The second-order valence-electron chi connectivity index (χ2n) is 8.93. The first kappa shape index (κ1) is 22.8. The molecule has 6 rings (SSSR count). The van der Waals surface area contributed by atoms with Gasteiger partial charge in [0, 0.05) is 35.2 Å². The van der Waals surface area contributed by atoms with Crippen LogP contribution in [0, 0.1) is 11.6 Å². The van der Waals surface area contributed by atoms with Crippen LogP contribution in [0.1, 0.15) is 34.8 Å². The second-order valence-corrected chi connectivity index (χ2v) is 8.93. The number of nitrogens with one attached hydrogen (secondary N) is 1. The van der Waals surface area contributed by atoms with E-state index in [1.165, 1.54) is 23.1 Å². The number of anilines is 2. The molecule has 1 aliphatic heterocycles. The molecule has 4 heterocycles. The molecule has 1 saturated heterocycles. The van der Waals surface area contributed by atoms with E-state index in [1.54, 1.807) is 36.0 Å². The lowest BCUT2D eigenvalue weighted by Gasteiger charge is -2.27. The molecule has 1 N–H and O–H groups in total. The molecule has 0 spiro atoms. The van der Waals surface area contributed by atoms with Crippen LogP contribution in [0.3, 0.4) is 0 Å². The molecule has 5 aromatic rings. The molecule has 0 aliphatic carbocycles. The van der Waals surface area contributed by atoms with E-state index in [4.69, 9.17) is 0 Å². The SMILES string of the molecule is Cn1nnc(-c2cccc(NC(=O)c3cnn4ccc(N5CCCC5c5cc(F)ccc5F)cc34)c2)n1. The normalized spacial score (nSPS) is 15.4. The summed E-state index contributed by atoms with van der Waals surface area (Å²) in [5, 5.41) is 19.3. The number of fused-ring (bicyclic) bond motifs is 1. The van der Waals surface area contributed by atoms with Gasteiger partial charge in [-0.2, -0.15) is 9.90 Å². The Kier molecular flexibility index (Phi) is 5.59. The van der Waals surface area contributed by atoms with Crippen molar-refractivity contribution in [1.82, 2.24) is 29.8 Å². The van der Waals surface area contributed by atoms with Crippen molar-refractivity contribution in [2.45, 2.75) is 18.9 Å². The maximum atomic E-state index is 14.6. The first-order chi connectivity index (χ1) is 18.0. The largest absolute Gasteiger partial charge is 0.364 e. The Morgan fingerprint density at radius 3 is 2.84 bits per heavy atom. The van der Waals surface area contributed by atoms with E-state index in [9.17, 15) is 13.6 Å². The molecule has 0 radical (unpaired) electrons. The lowest BCUT2D eigenvalue weighted by Crippen LogP contribution is -2.23. The zero-order valence-corrected chi connectivity index (χ0v) is 19.8. The maximum absolute atomic E-state index is 14.6. The molecule has 37 heavy (non-hydrogen) atoms. The van der Waals surface area contributed by atoms with Crippen molar-refractivity contribution in [2.24, 2.45) is 7.05 Å². The fourth-order valence-electron chi connectivity index (χ4n) is 4.83. The predicted molar refractivity (Wildman–Crippen MR) is 133 cm³/mol. The van der Waals surface area contributed by atoms with E-state index in [1.807, 2.05) is 23.1 Å². The highest BCUT2D eigenvalue weighted by Crippen LogP contribution is 2.38. The fraction of sp³-hybridized carbons (Fsp3) is 0.192. The number of carbonyl (C=O) groups is 1. The van der Waals surface area contributed by atoms with Crippen molar-refractivity contribution in [3.05, 3.63) is 89.8 Å². The highest BCUT2D eigenvalue weighted by molar-refractivity contribution is 6.09. The number of rotatable bonds is 5. The number of carbonyl (C=O) groups excluding carboxylic acids is 1. The quantitative estimate of drug-likeness (QED) is 0.385. The van der Waals surface area contributed by atoms with Crippen LogP contribution in [-0.2, 0) is 7.05 Å². The Hall–Kier alpha value is -4.67. The summed E-state index contributed by atoms with van der Waals surface area (Å²) in [6, 6.07) is 14.2. The third-order valence-electron chi connectivity index (χ3n) is 6.54. The number of tetrazole rings is 1. The standard InChI is InChI=1S/C26H22F2N8O/c1-34-32-25(31-33-34)16-4-2-5-18(12-16)30-26(37)21-15-29-36-11-9-19(14-24(21)36)35-10-3-6-23(35)20-13-17(27)7-8-22(20)28/h2,4-5,7-9,11-15,23H,3,6,10H2,1H3,(H,30,37). The van der Waals surface area contributed by atoms with Gasteiger partial charge in [0.25, 0.3) is 5.91 Å². The number of benzene rings is 2. The zero-order chi connectivity index (χ0) is 25.5. The molecule has 1 unspecified atom stereocenters. The van der Waals surface area contributed by atoms with E-state index < -0.39 is 11.6 Å². The first-order valence-electron chi connectivity index (χ1n) is 11.8. The molecule has 3 aromatic heterocycles. The van der Waals surface area contributed by atoms with Crippen LogP contribution < -0.4 is 10.2 Å². The molecule has 1 amide bonds. The van der Waals surface area contributed by atoms with Crippen molar-refractivity contribution in [3.63, 3.8) is 0 Å². The van der Waals surface area contributed by atoms with Gasteiger partial charge >= 0.3 is 0 Å². The topological polar surface area (TPSA) is 93.2 Å². The Morgan fingerprint density at radius 1 is 1.11 bits per heavy atom. The number of aromatic nitrogens is 6. The summed E-state index contributed by atoms with van der Waals surface area (Å²) in [6.45, 7) is 0.690. The number of hydrogen-bond donors (Lipinski definition) is 1. The van der Waals surface area contributed by atoms with E-state index in [0.29, 0.717) is 41.1 Å². The van der Waals surface area contributed by atoms with Crippen molar-refractivity contribution in [3.8, 4) is 11.4 Å². The Bertz CT molecular complexity index is 1630. The summed E-state index contributed by atoms with van der Waals surface area (Å²) in [5.74, 6) is -0.769. The van der Waals surface area contributed by atoms with Gasteiger partial charge in [-0.15, -0.1) is 10.2 Å². The number of hydrogen-bond acceptors (Lipinski definition) is 6. The van der Waals surface area contributed by atoms with E-state index in [0.717, 1.165) is 23.7 Å². The molecule has 2 aromatic carbocycles. The molecule has 11 heteroatoms. The molecule has 9 nitrogen and oxygen atoms in total. The van der Waals surface area contributed by atoms with Crippen molar-refractivity contribution in [1.29, 1.82) is 0 Å². The molecule has 1 fully saturated rings. The molecular weight excluding hydrogens is 478 g/mol. The molecule has 186 valence electrons. The van der Waals surface area contributed by atoms with Crippen LogP contribution in [-0.4, -0.2) is 42.3 Å². The van der Waals surface area contributed by atoms with Crippen molar-refractivity contribution >= 4 is 22.8 Å². The molecule has 1 atom stereocenters. The summed E-state index contributed by atoms with van der Waals surface area (Å²) >= 11 is 0. The Morgan fingerprint density at radius 2 is 2.00 bits per heavy atom. The molecule has 0 bridgehead atoms. The minimum Gasteiger partial charge on any atom is -0.364 e. The van der Waals surface area contributed by atoms with Gasteiger partial charge in [0.15, 0.2) is 0 Å². The van der Waals surface area contributed by atoms with Gasteiger partial charge in [-0.25, -0.2) is 13.3 Å². The van der Waals surface area contributed by atoms with Crippen LogP contribution in [0.4, 0.5) is 20.2 Å². The van der Waals surface area contributed by atoms with E-state index in [2.05, 4.69) is 25.8 Å². The van der Waals surface area contributed by atoms with Crippen LogP contribution >= 0.6 is 0 Å². The van der Waals surface area contributed by atoms with Gasteiger partial charge in [-0.3, -0.25) is 4.79 Å². The first-order valence-corrected chi connectivity index (χ1v) is 11.8. The minimum absolute atomic E-state index is 0.296. The maximum Gasteiger partial charge on any atom is 0.259 e. The Balaban J connectivity index is 1.29. The third kappa shape index (κ3) is 4.28. The summed E-state index contributed by atoms with van der Waals surface area (Å²) in [4.78, 5) is 16.6. The number of pyridine rings is 1. The monoisotopic (exact) mass is 500 g/mol. The van der Waals surface area contributed by atoms with Gasteiger partial charge in [0.05, 0.1) is 30.4 Å². The number of halogens is 2. The number of nitrogens with zero attached hydrogens (tertiary/aromatic N) is 7.